The molecule has 0 aliphatic heterocycles. The first-order valence-electron chi connectivity index (χ1n) is 5.66. The van der Waals surface area contributed by atoms with E-state index in [2.05, 4.69) is 11.0 Å². The zero-order valence-corrected chi connectivity index (χ0v) is 12.4. The van der Waals surface area contributed by atoms with Gasteiger partial charge in [0.25, 0.3) is 5.56 Å². The van der Waals surface area contributed by atoms with Gasteiger partial charge in [0.1, 0.15) is 18.6 Å². The van der Waals surface area contributed by atoms with Crippen molar-refractivity contribution >= 4 is 23.2 Å². The van der Waals surface area contributed by atoms with Crippen LogP contribution in [0, 0.1) is 12.3 Å². The number of hydrogen-bond donors (Lipinski definition) is 0. The molecule has 0 saturated heterocycles. The van der Waals surface area contributed by atoms with Crippen LogP contribution in [-0.4, -0.2) is 21.0 Å². The van der Waals surface area contributed by atoms with Gasteiger partial charge in [-0.25, -0.2) is 4.79 Å². The number of rotatable bonds is 3. The quantitative estimate of drug-likeness (QED) is 0.796. The molecule has 0 fully saturated rings. The maximum absolute atomic E-state index is 12.1. The van der Waals surface area contributed by atoms with E-state index in [4.69, 9.17) is 34.4 Å². The monoisotopic (exact) mass is 325 g/mol. The molecule has 0 amide bonds. The largest absolute Gasteiger partial charge is 0.479 e. The van der Waals surface area contributed by atoms with Crippen LogP contribution in [0.1, 0.15) is 0 Å². The molecule has 0 N–H and O–H groups in total. The van der Waals surface area contributed by atoms with E-state index in [-0.39, 0.29) is 28.1 Å². The van der Waals surface area contributed by atoms with Gasteiger partial charge < -0.3 is 4.74 Å². The van der Waals surface area contributed by atoms with Crippen molar-refractivity contribution in [2.24, 2.45) is 7.05 Å². The van der Waals surface area contributed by atoms with Crippen LogP contribution in [0.2, 0.25) is 10.0 Å². The molecular weight excluding hydrogens is 317 g/mol. The van der Waals surface area contributed by atoms with E-state index in [1.807, 2.05) is 0 Å². The molecule has 0 atom stereocenters. The highest BCUT2D eigenvalue weighted by Crippen LogP contribution is 2.32. The predicted molar refractivity (Wildman–Crippen MR) is 79.4 cm³/mol. The van der Waals surface area contributed by atoms with E-state index in [1.165, 1.54) is 19.2 Å². The summed E-state index contributed by atoms with van der Waals surface area (Å²) in [7, 11) is 1.34. The topological polar surface area (TPSA) is 66.1 Å². The van der Waals surface area contributed by atoms with Crippen LogP contribution in [0.3, 0.4) is 0 Å². The summed E-state index contributed by atoms with van der Waals surface area (Å²) < 4.78 is 7.14. The minimum atomic E-state index is -0.644. The lowest BCUT2D eigenvalue weighted by molar-refractivity contribution is 0.370. The van der Waals surface area contributed by atoms with Gasteiger partial charge in [-0.1, -0.05) is 29.1 Å². The van der Waals surface area contributed by atoms with E-state index < -0.39 is 11.2 Å². The molecule has 1 aromatic heterocycles. The minimum absolute atomic E-state index is 0.0103. The fourth-order valence-electron chi connectivity index (χ4n) is 1.56. The van der Waals surface area contributed by atoms with Gasteiger partial charge in [-0.05, 0) is 6.07 Å². The van der Waals surface area contributed by atoms with Crippen LogP contribution in [0.5, 0.6) is 5.75 Å². The van der Waals surface area contributed by atoms with Gasteiger partial charge in [0.05, 0.1) is 15.7 Å². The van der Waals surface area contributed by atoms with Crippen LogP contribution >= 0.6 is 23.2 Å². The summed E-state index contributed by atoms with van der Waals surface area (Å²) in [6.45, 7) is 0.0103. The van der Waals surface area contributed by atoms with Gasteiger partial charge in [0, 0.05) is 13.1 Å². The number of halogens is 2. The Morgan fingerprint density at radius 3 is 2.71 bits per heavy atom. The van der Waals surface area contributed by atoms with Crippen LogP contribution in [0.15, 0.2) is 27.9 Å². The number of aromatic nitrogens is 3. The van der Waals surface area contributed by atoms with Crippen molar-refractivity contribution in [1.29, 1.82) is 0 Å². The number of benzene rings is 1. The smallest absolute Gasteiger partial charge is 0.351 e. The fourth-order valence-corrected chi connectivity index (χ4v) is 2.07. The van der Waals surface area contributed by atoms with E-state index in [0.717, 1.165) is 15.4 Å². The second-order valence-corrected chi connectivity index (χ2v) is 4.78. The van der Waals surface area contributed by atoms with Gasteiger partial charge in [-0.15, -0.1) is 6.42 Å². The Morgan fingerprint density at radius 2 is 2.05 bits per heavy atom. The second kappa shape index (κ2) is 6.04. The van der Waals surface area contributed by atoms with Crippen molar-refractivity contribution in [3.63, 3.8) is 0 Å². The number of ether oxygens (including phenoxy) is 1. The highest BCUT2D eigenvalue weighted by atomic mass is 35.5. The van der Waals surface area contributed by atoms with Gasteiger partial charge >= 0.3 is 5.69 Å². The average molecular weight is 326 g/mol. The zero-order valence-electron chi connectivity index (χ0n) is 10.8. The molecule has 0 spiro atoms. The summed E-state index contributed by atoms with van der Waals surface area (Å²) in [4.78, 5) is 23.4. The normalized spacial score (nSPS) is 10.2. The second-order valence-electron chi connectivity index (χ2n) is 3.96. The Kier molecular flexibility index (Phi) is 4.36. The molecule has 0 bridgehead atoms. The maximum Gasteiger partial charge on any atom is 0.351 e. The van der Waals surface area contributed by atoms with Gasteiger partial charge in [0.15, 0.2) is 0 Å². The number of nitrogens with zero attached hydrogens (tertiary/aromatic N) is 3. The molecule has 21 heavy (non-hydrogen) atoms. The Bertz CT molecular complexity index is 849. The highest BCUT2D eigenvalue weighted by molar-refractivity contribution is 6.36. The SMILES string of the molecule is C#CCOc1cc(-n2ncc(=O)n(C)c2=O)c(Cl)cc1Cl. The van der Waals surface area contributed by atoms with Crippen molar-refractivity contribution in [1.82, 2.24) is 14.3 Å². The summed E-state index contributed by atoms with van der Waals surface area (Å²) in [5, 5.41) is 4.20. The molecule has 8 heteroatoms. The molecule has 0 aliphatic carbocycles. The first kappa shape index (κ1) is 15.2. The molecule has 0 saturated carbocycles. The van der Waals surface area contributed by atoms with Crippen LogP contribution in [0.25, 0.3) is 5.69 Å². The average Bonchev–Trinajstić information content (AvgIpc) is 2.45. The van der Waals surface area contributed by atoms with E-state index in [1.54, 1.807) is 0 Å². The number of terminal acetylenes is 1. The molecule has 1 aromatic carbocycles. The fraction of sp³-hybridized carbons (Fsp3) is 0.154. The Hall–Kier alpha value is -2.23. The lowest BCUT2D eigenvalue weighted by atomic mass is 10.3. The Balaban J connectivity index is 2.65. The lowest BCUT2D eigenvalue weighted by Gasteiger charge is -2.11. The molecule has 1 heterocycles. The molecule has 0 aliphatic rings. The molecule has 0 unspecified atom stereocenters. The van der Waals surface area contributed by atoms with Crippen molar-refractivity contribution in [2.45, 2.75) is 0 Å². The summed E-state index contributed by atoms with van der Waals surface area (Å²) in [6, 6.07) is 2.84. The summed E-state index contributed by atoms with van der Waals surface area (Å²) in [5.41, 5.74) is -0.937. The van der Waals surface area contributed by atoms with Crippen LogP contribution in [0.4, 0.5) is 0 Å². The summed E-state index contributed by atoms with van der Waals surface area (Å²) >= 11 is 12.0. The van der Waals surface area contributed by atoms with E-state index in [0.29, 0.717) is 0 Å². The molecule has 0 radical (unpaired) electrons. The molecule has 2 rings (SSSR count). The first-order chi connectivity index (χ1) is 9.95. The number of hydrogen-bond acceptors (Lipinski definition) is 4. The van der Waals surface area contributed by atoms with Gasteiger partial charge in [-0.3, -0.25) is 9.36 Å². The third kappa shape index (κ3) is 2.94. The van der Waals surface area contributed by atoms with Gasteiger partial charge in [-0.2, -0.15) is 9.78 Å². The Labute approximate surface area is 129 Å². The highest BCUT2D eigenvalue weighted by Gasteiger charge is 2.13. The van der Waals surface area contributed by atoms with Crippen molar-refractivity contribution in [2.75, 3.05) is 6.61 Å². The first-order valence-corrected chi connectivity index (χ1v) is 6.42. The van der Waals surface area contributed by atoms with E-state index in [9.17, 15) is 9.59 Å². The Morgan fingerprint density at radius 1 is 1.33 bits per heavy atom. The van der Waals surface area contributed by atoms with Crippen molar-refractivity contribution < 1.29 is 4.74 Å². The third-order valence-electron chi connectivity index (χ3n) is 2.62. The third-order valence-corrected chi connectivity index (χ3v) is 3.22. The summed E-state index contributed by atoms with van der Waals surface area (Å²) in [5.74, 6) is 2.56. The molecule has 6 nitrogen and oxygen atoms in total. The van der Waals surface area contributed by atoms with Crippen LogP contribution < -0.4 is 16.0 Å². The molecule has 2 aromatic rings. The van der Waals surface area contributed by atoms with Gasteiger partial charge in [0.2, 0.25) is 0 Å². The zero-order chi connectivity index (χ0) is 15.6. The minimum Gasteiger partial charge on any atom is -0.479 e. The van der Waals surface area contributed by atoms with Crippen LogP contribution in [-0.2, 0) is 7.05 Å². The molecular formula is C13H9Cl2N3O3. The lowest BCUT2D eigenvalue weighted by Crippen LogP contribution is -2.38. The summed E-state index contributed by atoms with van der Waals surface area (Å²) in [6.07, 6.45) is 6.12. The molecule has 108 valence electrons. The van der Waals surface area contributed by atoms with Crippen molar-refractivity contribution in [3.05, 3.63) is 49.2 Å². The van der Waals surface area contributed by atoms with E-state index >= 15 is 0 Å². The standard InChI is InChI=1S/C13H9Cl2N3O3/c1-3-4-21-11-6-10(8(14)5-9(11)15)18-13(20)17(2)12(19)7-16-18/h1,5-7H,4H2,2H3. The van der Waals surface area contributed by atoms with Crippen molar-refractivity contribution in [3.8, 4) is 23.8 Å². The predicted octanol–water partition coefficient (Wildman–Crippen LogP) is 1.25. The maximum atomic E-state index is 12.1.